The Morgan fingerprint density at radius 2 is 1.79 bits per heavy atom. The Morgan fingerprint density at radius 3 is 2.38 bits per heavy atom. The zero-order chi connectivity index (χ0) is 17.9. The first-order valence-corrected chi connectivity index (χ1v) is 9.28. The topological polar surface area (TPSA) is 69.6 Å². The van der Waals surface area contributed by atoms with Crippen molar-refractivity contribution in [2.75, 3.05) is 25.5 Å². The van der Waals surface area contributed by atoms with Gasteiger partial charge in [0.2, 0.25) is 10.0 Å². The normalized spacial score (nSPS) is 12.9. The third-order valence-corrected chi connectivity index (χ3v) is 5.50. The first-order valence-electron chi connectivity index (χ1n) is 7.42. The average molecular weight is 369 g/mol. The molecular weight excluding hydrogens is 348 g/mol. The van der Waals surface area contributed by atoms with Crippen molar-refractivity contribution >= 4 is 27.3 Å². The van der Waals surface area contributed by atoms with E-state index in [1.165, 1.54) is 6.07 Å². The lowest BCUT2D eigenvalue weighted by Crippen LogP contribution is -2.29. The van der Waals surface area contributed by atoms with Crippen molar-refractivity contribution in [1.29, 1.82) is 0 Å². The number of nitrogens with zero attached hydrogens (tertiary/aromatic N) is 1. The van der Waals surface area contributed by atoms with Gasteiger partial charge in [0.05, 0.1) is 11.0 Å². The Kier molecular flexibility index (Phi) is 5.87. The molecule has 7 heteroatoms. The Balaban J connectivity index is 2.10. The number of hydrogen-bond donors (Lipinski definition) is 2. The van der Waals surface area contributed by atoms with Crippen LogP contribution in [-0.4, -0.2) is 34.2 Å². The van der Waals surface area contributed by atoms with E-state index in [1.807, 2.05) is 31.1 Å². The number of anilines is 1. The monoisotopic (exact) mass is 368 g/mol. The van der Waals surface area contributed by atoms with Gasteiger partial charge in [0.15, 0.2) is 0 Å². The maximum atomic E-state index is 12.4. The predicted octanol–water partition coefficient (Wildman–Crippen LogP) is 2.73. The van der Waals surface area contributed by atoms with Crippen molar-refractivity contribution in [3.05, 3.63) is 58.6 Å². The number of rotatable bonds is 6. The van der Waals surface area contributed by atoms with E-state index >= 15 is 0 Å². The van der Waals surface area contributed by atoms with Crippen LogP contribution in [0, 0.1) is 6.92 Å². The van der Waals surface area contributed by atoms with Gasteiger partial charge in [-0.15, -0.1) is 0 Å². The van der Waals surface area contributed by atoms with Gasteiger partial charge in [0, 0.05) is 31.4 Å². The molecule has 0 heterocycles. The van der Waals surface area contributed by atoms with Crippen molar-refractivity contribution in [1.82, 2.24) is 4.72 Å². The minimum atomic E-state index is -3.74. The minimum absolute atomic E-state index is 0.115. The van der Waals surface area contributed by atoms with E-state index in [9.17, 15) is 13.5 Å². The zero-order valence-corrected chi connectivity index (χ0v) is 15.4. The lowest BCUT2D eigenvalue weighted by Gasteiger charge is -2.16. The summed E-state index contributed by atoms with van der Waals surface area (Å²) in [5.41, 5.74) is 2.24. The lowest BCUT2D eigenvalue weighted by atomic mass is 10.1. The van der Waals surface area contributed by atoms with Gasteiger partial charge in [0.25, 0.3) is 0 Å². The third-order valence-electron chi connectivity index (χ3n) is 3.70. The quantitative estimate of drug-likeness (QED) is 0.822. The van der Waals surface area contributed by atoms with Crippen LogP contribution < -0.4 is 9.62 Å². The summed E-state index contributed by atoms with van der Waals surface area (Å²) in [6.45, 7) is 1.58. The van der Waals surface area contributed by atoms with Crippen LogP contribution in [0.2, 0.25) is 5.02 Å². The maximum Gasteiger partial charge on any atom is 0.240 e. The fourth-order valence-electron chi connectivity index (χ4n) is 2.24. The highest BCUT2D eigenvalue weighted by molar-refractivity contribution is 7.89. The van der Waals surface area contributed by atoms with Crippen LogP contribution in [0.1, 0.15) is 17.2 Å². The molecule has 0 amide bonds. The molecule has 0 spiro atoms. The summed E-state index contributed by atoms with van der Waals surface area (Å²) in [6.07, 6.45) is -0.935. The Labute approximate surface area is 147 Å². The van der Waals surface area contributed by atoms with Gasteiger partial charge >= 0.3 is 0 Å². The summed E-state index contributed by atoms with van der Waals surface area (Å²) in [7, 11) is 0.106. The molecule has 2 aromatic carbocycles. The molecule has 0 fully saturated rings. The number of benzene rings is 2. The molecule has 1 unspecified atom stereocenters. The second kappa shape index (κ2) is 7.53. The molecule has 0 saturated carbocycles. The van der Waals surface area contributed by atoms with Gasteiger partial charge in [-0.05, 0) is 42.3 Å². The van der Waals surface area contributed by atoms with Crippen molar-refractivity contribution in [3.8, 4) is 0 Å². The molecule has 0 aliphatic carbocycles. The van der Waals surface area contributed by atoms with Crippen LogP contribution in [0.3, 0.4) is 0 Å². The number of sulfonamides is 1. The molecule has 0 bridgehead atoms. The molecule has 2 rings (SSSR count). The van der Waals surface area contributed by atoms with Gasteiger partial charge in [0.1, 0.15) is 0 Å². The number of halogens is 1. The van der Waals surface area contributed by atoms with Crippen LogP contribution in [0.5, 0.6) is 0 Å². The van der Waals surface area contributed by atoms with Crippen molar-refractivity contribution in [2.24, 2.45) is 0 Å². The average Bonchev–Trinajstić information content (AvgIpc) is 2.55. The maximum absolute atomic E-state index is 12.4. The van der Waals surface area contributed by atoms with Crippen molar-refractivity contribution in [2.45, 2.75) is 17.9 Å². The molecule has 130 valence electrons. The van der Waals surface area contributed by atoms with Gasteiger partial charge in [-0.2, -0.15) is 0 Å². The number of nitrogens with one attached hydrogen (secondary N) is 1. The summed E-state index contributed by atoms with van der Waals surface area (Å²) in [5.74, 6) is 0. The van der Waals surface area contributed by atoms with Crippen LogP contribution in [-0.2, 0) is 10.0 Å². The second-order valence-electron chi connectivity index (χ2n) is 5.76. The molecule has 1 atom stereocenters. The predicted molar refractivity (Wildman–Crippen MR) is 97.1 cm³/mol. The molecular formula is C17H21ClN2O3S. The first kappa shape index (κ1) is 18.7. The van der Waals surface area contributed by atoms with Gasteiger partial charge in [-0.25, -0.2) is 13.1 Å². The fraction of sp³-hybridized carbons (Fsp3) is 0.294. The third kappa shape index (κ3) is 4.48. The van der Waals surface area contributed by atoms with E-state index in [0.29, 0.717) is 16.1 Å². The fourth-order valence-corrected chi connectivity index (χ4v) is 3.79. The van der Waals surface area contributed by atoms with Gasteiger partial charge in [-0.1, -0.05) is 29.8 Å². The molecule has 0 aromatic heterocycles. The number of aliphatic hydroxyl groups excluding tert-OH is 1. The Morgan fingerprint density at radius 1 is 1.17 bits per heavy atom. The molecule has 2 N–H and O–H groups in total. The van der Waals surface area contributed by atoms with E-state index in [-0.39, 0.29) is 11.4 Å². The van der Waals surface area contributed by atoms with Crippen LogP contribution in [0.15, 0.2) is 47.4 Å². The zero-order valence-electron chi connectivity index (χ0n) is 13.8. The van der Waals surface area contributed by atoms with E-state index in [2.05, 4.69) is 4.72 Å². The van der Waals surface area contributed by atoms with Crippen LogP contribution >= 0.6 is 11.6 Å². The first-order chi connectivity index (χ1) is 11.2. The highest BCUT2D eigenvalue weighted by Gasteiger charge is 2.19. The smallest absolute Gasteiger partial charge is 0.240 e. The Bertz CT molecular complexity index is 805. The summed E-state index contributed by atoms with van der Waals surface area (Å²) in [6, 6.07) is 12.0. The summed E-state index contributed by atoms with van der Waals surface area (Å²) in [5, 5.41) is 10.6. The van der Waals surface area contributed by atoms with E-state index in [0.717, 1.165) is 5.69 Å². The highest BCUT2D eigenvalue weighted by atomic mass is 35.5. The summed E-state index contributed by atoms with van der Waals surface area (Å²) < 4.78 is 27.2. The summed E-state index contributed by atoms with van der Waals surface area (Å²) >= 11 is 5.88. The van der Waals surface area contributed by atoms with Crippen molar-refractivity contribution in [3.63, 3.8) is 0 Å². The minimum Gasteiger partial charge on any atom is -0.387 e. The standard InChI is InChI=1S/C17H21ClN2O3S/c1-12-4-7-14(18)10-17(12)24(22,23)19-11-16(21)13-5-8-15(9-6-13)20(2)3/h4-10,16,19,21H,11H2,1-3H3. The Hall–Kier alpha value is -1.60. The number of hydrogen-bond acceptors (Lipinski definition) is 4. The van der Waals surface area contributed by atoms with E-state index in [1.54, 1.807) is 31.2 Å². The molecule has 2 aromatic rings. The molecule has 0 saturated heterocycles. The highest BCUT2D eigenvalue weighted by Crippen LogP contribution is 2.21. The number of aliphatic hydroxyl groups is 1. The van der Waals surface area contributed by atoms with E-state index in [4.69, 9.17) is 11.6 Å². The van der Waals surface area contributed by atoms with Crippen LogP contribution in [0.25, 0.3) is 0 Å². The summed E-state index contributed by atoms with van der Waals surface area (Å²) in [4.78, 5) is 2.06. The molecule has 0 radical (unpaired) electrons. The van der Waals surface area contributed by atoms with E-state index < -0.39 is 16.1 Å². The molecule has 24 heavy (non-hydrogen) atoms. The molecule has 5 nitrogen and oxygen atoms in total. The molecule has 0 aliphatic rings. The van der Waals surface area contributed by atoms with Gasteiger partial charge < -0.3 is 10.0 Å². The van der Waals surface area contributed by atoms with Crippen LogP contribution in [0.4, 0.5) is 5.69 Å². The van der Waals surface area contributed by atoms with Gasteiger partial charge in [-0.3, -0.25) is 0 Å². The largest absolute Gasteiger partial charge is 0.387 e. The SMILES string of the molecule is Cc1ccc(Cl)cc1S(=O)(=O)NCC(O)c1ccc(N(C)C)cc1. The number of aryl methyl sites for hydroxylation is 1. The second-order valence-corrected chi connectivity index (χ2v) is 7.94. The van der Waals surface area contributed by atoms with Crippen molar-refractivity contribution < 1.29 is 13.5 Å². The lowest BCUT2D eigenvalue weighted by molar-refractivity contribution is 0.182. The molecule has 0 aliphatic heterocycles.